The third-order valence-corrected chi connectivity index (χ3v) is 6.89. The number of nitrogens with one attached hydrogen (secondary N) is 2. The summed E-state index contributed by atoms with van der Waals surface area (Å²) >= 11 is 0. The number of benzene rings is 3. The van der Waals surface area contributed by atoms with Crippen molar-refractivity contribution in [3.05, 3.63) is 95.3 Å². The molecule has 6 nitrogen and oxygen atoms in total. The van der Waals surface area contributed by atoms with Crippen LogP contribution in [0.15, 0.2) is 72.8 Å². The van der Waals surface area contributed by atoms with Gasteiger partial charge in [0.2, 0.25) is 11.8 Å². The van der Waals surface area contributed by atoms with Gasteiger partial charge in [0.15, 0.2) is 0 Å². The number of hydrogen-bond donors (Lipinski definition) is 3. The molecule has 1 fully saturated rings. The number of rotatable bonds is 5. The van der Waals surface area contributed by atoms with E-state index in [2.05, 4.69) is 10.6 Å². The van der Waals surface area contributed by atoms with Crippen LogP contribution in [0.5, 0.6) is 0 Å². The van der Waals surface area contributed by atoms with Gasteiger partial charge < -0.3 is 15.7 Å². The highest BCUT2D eigenvalue weighted by atomic mass is 19.1. The number of carbonyl (C=O) groups is 3. The van der Waals surface area contributed by atoms with E-state index in [1.807, 2.05) is 38.1 Å². The molecule has 0 aliphatic heterocycles. The molecular formula is C29H29FN2O4. The van der Waals surface area contributed by atoms with Crippen LogP contribution in [-0.2, 0) is 14.4 Å². The molecule has 0 unspecified atom stereocenters. The molecule has 7 heteroatoms. The van der Waals surface area contributed by atoms with Gasteiger partial charge in [0.05, 0.1) is 11.5 Å². The number of ketones is 1. The lowest BCUT2D eigenvalue weighted by Gasteiger charge is -2.44. The zero-order valence-corrected chi connectivity index (χ0v) is 20.4. The minimum Gasteiger partial charge on any atom is -0.389 e. The highest BCUT2D eigenvalue weighted by molar-refractivity contribution is 6.10. The summed E-state index contributed by atoms with van der Waals surface area (Å²) in [6.45, 7) is 5.10. The first-order valence-electron chi connectivity index (χ1n) is 11.8. The number of carbonyl (C=O) groups excluding carboxylic acids is 3. The van der Waals surface area contributed by atoms with E-state index >= 15 is 0 Å². The van der Waals surface area contributed by atoms with Gasteiger partial charge in [0, 0.05) is 23.7 Å². The Morgan fingerprint density at radius 1 is 0.861 bits per heavy atom. The fourth-order valence-electron chi connectivity index (χ4n) is 5.02. The van der Waals surface area contributed by atoms with Crippen LogP contribution < -0.4 is 10.6 Å². The number of anilines is 2. The molecular weight excluding hydrogens is 459 g/mol. The topological polar surface area (TPSA) is 95.5 Å². The minimum atomic E-state index is -1.73. The highest BCUT2D eigenvalue weighted by Gasteiger charge is 2.56. The molecule has 0 heterocycles. The van der Waals surface area contributed by atoms with Gasteiger partial charge in [-0.1, -0.05) is 48.5 Å². The van der Waals surface area contributed by atoms with E-state index in [1.54, 1.807) is 24.3 Å². The predicted molar refractivity (Wildman–Crippen MR) is 136 cm³/mol. The summed E-state index contributed by atoms with van der Waals surface area (Å²) in [6, 6.07) is 19.7. The maximum Gasteiger partial charge on any atom is 0.235 e. The second-order valence-electron chi connectivity index (χ2n) is 9.64. The first kappa shape index (κ1) is 25.3. The highest BCUT2D eigenvalue weighted by Crippen LogP contribution is 2.46. The van der Waals surface area contributed by atoms with Gasteiger partial charge in [-0.3, -0.25) is 14.4 Å². The van der Waals surface area contributed by atoms with Crippen LogP contribution in [-0.4, -0.2) is 28.3 Å². The summed E-state index contributed by atoms with van der Waals surface area (Å²) in [5.41, 5.74) is 1.43. The molecule has 1 aliphatic rings. The molecule has 1 aliphatic carbocycles. The van der Waals surface area contributed by atoms with Crippen molar-refractivity contribution < 1.29 is 23.9 Å². The van der Waals surface area contributed by atoms with Crippen LogP contribution in [0.25, 0.3) is 0 Å². The number of aliphatic hydroxyl groups is 1. The molecule has 2 amide bonds. The van der Waals surface area contributed by atoms with Gasteiger partial charge in [0.25, 0.3) is 0 Å². The maximum absolute atomic E-state index is 13.8. The minimum absolute atomic E-state index is 0.373. The number of amides is 2. The molecule has 3 N–H and O–H groups in total. The second kappa shape index (κ2) is 10.0. The third kappa shape index (κ3) is 5.06. The van der Waals surface area contributed by atoms with E-state index in [0.29, 0.717) is 16.9 Å². The molecule has 36 heavy (non-hydrogen) atoms. The molecule has 0 aromatic heterocycles. The summed E-state index contributed by atoms with van der Waals surface area (Å²) in [5.74, 6) is -5.52. The van der Waals surface area contributed by atoms with E-state index in [0.717, 1.165) is 11.1 Å². The molecule has 3 aromatic rings. The molecule has 186 valence electrons. The first-order valence-corrected chi connectivity index (χ1v) is 11.8. The van der Waals surface area contributed by atoms with Gasteiger partial charge in [-0.05, 0) is 61.7 Å². The third-order valence-electron chi connectivity index (χ3n) is 6.89. The zero-order valence-electron chi connectivity index (χ0n) is 20.4. The number of hydrogen-bond acceptors (Lipinski definition) is 4. The number of halogens is 1. The molecule has 4 rings (SSSR count). The quantitative estimate of drug-likeness (QED) is 0.451. The summed E-state index contributed by atoms with van der Waals surface area (Å²) < 4.78 is 13.8. The van der Waals surface area contributed by atoms with E-state index in [4.69, 9.17) is 0 Å². The Morgan fingerprint density at radius 3 is 1.89 bits per heavy atom. The first-order chi connectivity index (χ1) is 17.1. The van der Waals surface area contributed by atoms with Gasteiger partial charge >= 0.3 is 0 Å². The lowest BCUT2D eigenvalue weighted by Crippen LogP contribution is -2.56. The Labute approximate surface area is 209 Å². The molecule has 4 atom stereocenters. The van der Waals surface area contributed by atoms with Crippen LogP contribution in [0.2, 0.25) is 0 Å². The van der Waals surface area contributed by atoms with E-state index in [-0.39, 0.29) is 6.42 Å². The summed E-state index contributed by atoms with van der Waals surface area (Å²) in [4.78, 5) is 40.6. The second-order valence-corrected chi connectivity index (χ2v) is 9.64. The van der Waals surface area contributed by atoms with Crippen LogP contribution in [0, 0.1) is 31.5 Å². The lowest BCUT2D eigenvalue weighted by atomic mass is 9.61. The molecule has 0 spiro atoms. The summed E-state index contributed by atoms with van der Waals surface area (Å²) in [5, 5.41) is 17.0. The van der Waals surface area contributed by atoms with Crippen LogP contribution in [0.1, 0.15) is 36.0 Å². The molecule has 0 bridgehead atoms. The number of aryl methyl sites for hydroxylation is 2. The van der Waals surface area contributed by atoms with Crippen molar-refractivity contribution in [2.45, 2.75) is 38.7 Å². The Kier molecular flexibility index (Phi) is 7.04. The van der Waals surface area contributed by atoms with Gasteiger partial charge in [0.1, 0.15) is 17.5 Å². The van der Waals surface area contributed by atoms with Crippen LogP contribution in [0.3, 0.4) is 0 Å². The smallest absolute Gasteiger partial charge is 0.235 e. The number of Topliss-reactive ketones (excluding diaryl/α,β-unsaturated/α-hetero) is 1. The summed E-state index contributed by atoms with van der Waals surface area (Å²) in [7, 11) is 0. The van der Waals surface area contributed by atoms with Crippen LogP contribution in [0.4, 0.5) is 15.8 Å². The summed E-state index contributed by atoms with van der Waals surface area (Å²) in [6.07, 6.45) is -0.373. The predicted octanol–water partition coefficient (Wildman–Crippen LogP) is 4.76. The van der Waals surface area contributed by atoms with Crippen molar-refractivity contribution in [1.82, 2.24) is 0 Å². The average molecular weight is 489 g/mol. The van der Waals surface area contributed by atoms with Gasteiger partial charge in [-0.25, -0.2) is 4.39 Å². The SMILES string of the molecule is Cc1ccccc1NC(=O)[C@H]1C(=O)C[C@](C)(O)[C@@H](C(=O)Nc2ccccc2C)[C@@H]1c1ccc(F)cc1. The van der Waals surface area contributed by atoms with Gasteiger partial charge in [-0.15, -0.1) is 0 Å². The Balaban J connectivity index is 1.78. The van der Waals surface area contributed by atoms with E-state index < -0.39 is 46.8 Å². The molecule has 0 saturated heterocycles. The standard InChI is InChI=1S/C29H29FN2O4/c1-17-8-4-6-10-21(17)31-27(34)25-23(33)16-29(3,36)26(24(25)19-12-14-20(30)15-13-19)28(35)32-22-11-7-5-9-18(22)2/h4-15,24-26,36H,16H2,1-3H3,(H,31,34)(H,32,35)/t24-,25+,26-,29+/m1/s1. The van der Waals surface area contributed by atoms with E-state index in [1.165, 1.54) is 31.2 Å². The van der Waals surface area contributed by atoms with Crippen molar-refractivity contribution in [2.75, 3.05) is 10.6 Å². The van der Waals surface area contributed by atoms with Crippen molar-refractivity contribution in [1.29, 1.82) is 0 Å². The normalized spacial score (nSPS) is 23.7. The fourth-order valence-corrected chi connectivity index (χ4v) is 5.02. The molecule has 1 saturated carbocycles. The Hall–Kier alpha value is -3.84. The van der Waals surface area contributed by atoms with E-state index in [9.17, 15) is 23.9 Å². The monoisotopic (exact) mass is 488 g/mol. The maximum atomic E-state index is 13.8. The molecule has 0 radical (unpaired) electrons. The van der Waals surface area contributed by atoms with Crippen molar-refractivity contribution in [3.8, 4) is 0 Å². The Morgan fingerprint density at radius 2 is 1.36 bits per heavy atom. The van der Waals surface area contributed by atoms with Crippen LogP contribution >= 0.6 is 0 Å². The zero-order chi connectivity index (χ0) is 26.0. The van der Waals surface area contributed by atoms with Crippen molar-refractivity contribution >= 4 is 29.0 Å². The lowest BCUT2D eigenvalue weighted by molar-refractivity contribution is -0.150. The fraction of sp³-hybridized carbons (Fsp3) is 0.276. The molecule has 3 aromatic carbocycles. The van der Waals surface area contributed by atoms with Gasteiger partial charge in [-0.2, -0.15) is 0 Å². The average Bonchev–Trinajstić information content (AvgIpc) is 2.81. The Bertz CT molecular complexity index is 1300. The number of para-hydroxylation sites is 2. The largest absolute Gasteiger partial charge is 0.389 e. The van der Waals surface area contributed by atoms with Crippen molar-refractivity contribution in [3.63, 3.8) is 0 Å². The van der Waals surface area contributed by atoms with Crippen molar-refractivity contribution in [2.24, 2.45) is 11.8 Å².